The van der Waals surface area contributed by atoms with Crippen molar-refractivity contribution >= 4 is 30.7 Å². The van der Waals surface area contributed by atoms with Crippen LogP contribution in [0.15, 0.2) is 48.8 Å². The molecule has 0 unspecified atom stereocenters. The number of hydrogen-bond acceptors (Lipinski definition) is 3. The SMILES string of the molecule is Cl.Cl.O=C(NCc1ccc(-c2cccnc2)cc1)[C@@]12CCCC[C@H]1CNC2. The molecule has 1 aliphatic carbocycles. The van der Waals surface area contributed by atoms with Crippen molar-refractivity contribution in [3.05, 3.63) is 54.4 Å². The molecule has 4 rings (SSSR count). The molecule has 1 amide bonds. The number of rotatable bonds is 4. The van der Waals surface area contributed by atoms with Gasteiger partial charge in [0.2, 0.25) is 5.91 Å². The summed E-state index contributed by atoms with van der Waals surface area (Å²) >= 11 is 0. The highest BCUT2D eigenvalue weighted by Crippen LogP contribution is 2.43. The number of aromatic nitrogens is 1. The number of nitrogens with zero attached hydrogens (tertiary/aromatic N) is 1. The largest absolute Gasteiger partial charge is 0.351 e. The summed E-state index contributed by atoms with van der Waals surface area (Å²) in [6.45, 7) is 2.43. The number of pyridine rings is 1. The van der Waals surface area contributed by atoms with Crippen LogP contribution in [0.1, 0.15) is 31.2 Å². The van der Waals surface area contributed by atoms with Crippen LogP contribution in [-0.2, 0) is 11.3 Å². The number of fused-ring (bicyclic) bond motifs is 1. The molecule has 2 atom stereocenters. The number of benzene rings is 1. The smallest absolute Gasteiger partial charge is 0.228 e. The van der Waals surface area contributed by atoms with Gasteiger partial charge in [-0.3, -0.25) is 9.78 Å². The molecule has 1 aromatic heterocycles. The van der Waals surface area contributed by atoms with Crippen LogP contribution in [0.4, 0.5) is 0 Å². The zero-order valence-corrected chi connectivity index (χ0v) is 17.0. The fourth-order valence-corrected chi connectivity index (χ4v) is 4.40. The van der Waals surface area contributed by atoms with Gasteiger partial charge in [-0.25, -0.2) is 0 Å². The van der Waals surface area contributed by atoms with Gasteiger partial charge >= 0.3 is 0 Å². The van der Waals surface area contributed by atoms with Crippen molar-refractivity contribution in [1.29, 1.82) is 0 Å². The summed E-state index contributed by atoms with van der Waals surface area (Å²) in [5, 5.41) is 6.64. The molecule has 1 aromatic carbocycles. The molecule has 4 nitrogen and oxygen atoms in total. The molecular weight excluding hydrogens is 381 g/mol. The Hall–Kier alpha value is -1.62. The zero-order chi connectivity index (χ0) is 17.1. The van der Waals surface area contributed by atoms with Crippen LogP contribution in [-0.4, -0.2) is 24.0 Å². The minimum Gasteiger partial charge on any atom is -0.351 e. The lowest BCUT2D eigenvalue weighted by molar-refractivity contribution is -0.134. The van der Waals surface area contributed by atoms with E-state index >= 15 is 0 Å². The Morgan fingerprint density at radius 2 is 1.96 bits per heavy atom. The number of hydrogen-bond donors (Lipinski definition) is 2. The van der Waals surface area contributed by atoms with E-state index in [-0.39, 0.29) is 36.1 Å². The van der Waals surface area contributed by atoms with Gasteiger partial charge in [-0.15, -0.1) is 24.8 Å². The molecule has 0 spiro atoms. The van der Waals surface area contributed by atoms with E-state index in [1.54, 1.807) is 6.20 Å². The summed E-state index contributed by atoms with van der Waals surface area (Å²) < 4.78 is 0. The second-order valence-corrected chi connectivity index (χ2v) is 7.35. The highest BCUT2D eigenvalue weighted by Gasteiger charge is 2.49. The Bertz CT molecular complexity index is 739. The number of carbonyl (C=O) groups excluding carboxylic acids is 1. The summed E-state index contributed by atoms with van der Waals surface area (Å²) in [6.07, 6.45) is 8.29. The van der Waals surface area contributed by atoms with E-state index in [2.05, 4.69) is 45.9 Å². The molecule has 2 fully saturated rings. The van der Waals surface area contributed by atoms with Crippen LogP contribution in [0.5, 0.6) is 0 Å². The molecule has 0 radical (unpaired) electrons. The first-order valence-corrected chi connectivity index (χ1v) is 9.26. The topological polar surface area (TPSA) is 54.0 Å². The van der Waals surface area contributed by atoms with Crippen LogP contribution in [0.3, 0.4) is 0 Å². The summed E-state index contributed by atoms with van der Waals surface area (Å²) in [7, 11) is 0. The molecule has 1 saturated heterocycles. The van der Waals surface area contributed by atoms with Crippen molar-refractivity contribution in [2.75, 3.05) is 13.1 Å². The van der Waals surface area contributed by atoms with E-state index in [1.165, 1.54) is 19.3 Å². The van der Waals surface area contributed by atoms with E-state index in [0.717, 1.165) is 36.2 Å². The Balaban J connectivity index is 0.00000131. The average molecular weight is 408 g/mol. The molecule has 1 saturated carbocycles. The first kappa shape index (κ1) is 21.7. The van der Waals surface area contributed by atoms with Gasteiger partial charge in [-0.2, -0.15) is 0 Å². The number of carbonyl (C=O) groups is 1. The highest BCUT2D eigenvalue weighted by molar-refractivity contribution is 5.85. The molecule has 0 bridgehead atoms. The fraction of sp³-hybridized carbons (Fsp3) is 0.429. The first-order chi connectivity index (χ1) is 12.3. The Morgan fingerprint density at radius 1 is 1.15 bits per heavy atom. The van der Waals surface area contributed by atoms with Crippen molar-refractivity contribution in [2.24, 2.45) is 11.3 Å². The van der Waals surface area contributed by atoms with E-state index in [4.69, 9.17) is 0 Å². The highest BCUT2D eigenvalue weighted by atomic mass is 35.5. The molecule has 1 aliphatic heterocycles. The van der Waals surface area contributed by atoms with Gasteiger partial charge in [-0.05, 0) is 48.1 Å². The maximum Gasteiger partial charge on any atom is 0.228 e. The van der Waals surface area contributed by atoms with Crippen LogP contribution in [0.25, 0.3) is 11.1 Å². The second kappa shape index (κ2) is 9.54. The summed E-state index contributed by atoms with van der Waals surface area (Å²) in [5.41, 5.74) is 3.22. The Kier molecular flexibility index (Phi) is 7.66. The van der Waals surface area contributed by atoms with E-state index in [0.29, 0.717) is 12.5 Å². The lowest BCUT2D eigenvalue weighted by Crippen LogP contribution is -2.47. The molecule has 2 aliphatic rings. The van der Waals surface area contributed by atoms with Crippen molar-refractivity contribution in [2.45, 2.75) is 32.2 Å². The van der Waals surface area contributed by atoms with Crippen LogP contribution in [0, 0.1) is 11.3 Å². The van der Waals surface area contributed by atoms with Gasteiger partial charge < -0.3 is 10.6 Å². The molecule has 2 aromatic rings. The number of amides is 1. The van der Waals surface area contributed by atoms with Gasteiger partial charge in [0.1, 0.15) is 0 Å². The third-order valence-electron chi connectivity index (χ3n) is 5.89. The summed E-state index contributed by atoms with van der Waals surface area (Å²) in [6, 6.07) is 12.4. The van der Waals surface area contributed by atoms with Crippen LogP contribution in [0.2, 0.25) is 0 Å². The first-order valence-electron chi connectivity index (χ1n) is 9.26. The predicted molar refractivity (Wildman–Crippen MR) is 113 cm³/mol. The maximum absolute atomic E-state index is 12.9. The van der Waals surface area contributed by atoms with Gasteiger partial charge in [0, 0.05) is 25.5 Å². The molecular formula is C21H27Cl2N3O. The summed E-state index contributed by atoms with van der Waals surface area (Å²) in [5.74, 6) is 0.743. The molecule has 146 valence electrons. The molecule has 6 heteroatoms. The lowest BCUT2D eigenvalue weighted by atomic mass is 9.67. The predicted octanol–water partition coefficient (Wildman–Crippen LogP) is 3.99. The molecule has 2 N–H and O–H groups in total. The van der Waals surface area contributed by atoms with Crippen molar-refractivity contribution in [1.82, 2.24) is 15.6 Å². The van der Waals surface area contributed by atoms with Gasteiger partial charge in [0.15, 0.2) is 0 Å². The maximum atomic E-state index is 12.9. The van der Waals surface area contributed by atoms with E-state index < -0.39 is 0 Å². The van der Waals surface area contributed by atoms with Crippen LogP contribution < -0.4 is 10.6 Å². The third-order valence-corrected chi connectivity index (χ3v) is 5.89. The Labute approximate surface area is 173 Å². The summed E-state index contributed by atoms with van der Waals surface area (Å²) in [4.78, 5) is 17.1. The van der Waals surface area contributed by atoms with E-state index in [1.807, 2.05) is 12.3 Å². The minimum atomic E-state index is -0.173. The minimum absolute atomic E-state index is 0. The Morgan fingerprint density at radius 3 is 2.70 bits per heavy atom. The van der Waals surface area contributed by atoms with Crippen molar-refractivity contribution in [3.8, 4) is 11.1 Å². The standard InChI is InChI=1S/C21H25N3O.2ClH/c25-20(21-10-2-1-5-19(21)14-23-15-21)24-12-16-6-8-17(9-7-16)18-4-3-11-22-13-18;;/h3-4,6-9,11,13,19,23H,1-2,5,10,12,14-15H2,(H,24,25);2*1H/t19-,21+;;/m0../s1. The van der Waals surface area contributed by atoms with E-state index in [9.17, 15) is 4.79 Å². The van der Waals surface area contributed by atoms with Gasteiger partial charge in [0.05, 0.1) is 5.41 Å². The second-order valence-electron chi connectivity index (χ2n) is 7.35. The van der Waals surface area contributed by atoms with Gasteiger partial charge in [0.25, 0.3) is 0 Å². The normalized spacial score (nSPS) is 23.5. The van der Waals surface area contributed by atoms with Crippen molar-refractivity contribution in [3.63, 3.8) is 0 Å². The number of halogens is 2. The lowest BCUT2D eigenvalue weighted by Gasteiger charge is -2.37. The fourth-order valence-electron chi connectivity index (χ4n) is 4.40. The molecule has 2 heterocycles. The quantitative estimate of drug-likeness (QED) is 0.805. The zero-order valence-electron chi connectivity index (χ0n) is 15.3. The monoisotopic (exact) mass is 407 g/mol. The third kappa shape index (κ3) is 4.45. The molecule has 27 heavy (non-hydrogen) atoms. The van der Waals surface area contributed by atoms with Crippen molar-refractivity contribution < 1.29 is 4.79 Å². The average Bonchev–Trinajstić information content (AvgIpc) is 3.12. The van der Waals surface area contributed by atoms with Gasteiger partial charge in [-0.1, -0.05) is 43.2 Å². The van der Waals surface area contributed by atoms with Crippen LogP contribution >= 0.6 is 24.8 Å². The number of nitrogens with one attached hydrogen (secondary N) is 2.